The molecule has 2 heterocycles. The van der Waals surface area contributed by atoms with Crippen LogP contribution in [0.4, 0.5) is 0 Å². The molecule has 2 aromatic rings. The molecule has 0 radical (unpaired) electrons. The Morgan fingerprint density at radius 2 is 1.41 bits per heavy atom. The van der Waals surface area contributed by atoms with Crippen LogP contribution >= 0.6 is 0 Å². The summed E-state index contributed by atoms with van der Waals surface area (Å²) in [5.74, 6) is 3.16. The van der Waals surface area contributed by atoms with Crippen LogP contribution in [0.2, 0.25) is 0 Å². The number of nitrogens with zero attached hydrogens (tertiary/aromatic N) is 6. The van der Waals surface area contributed by atoms with Crippen molar-refractivity contribution in [2.45, 2.75) is 78.3 Å². The van der Waals surface area contributed by atoms with Crippen molar-refractivity contribution >= 4 is 0 Å². The van der Waals surface area contributed by atoms with Crippen molar-refractivity contribution < 1.29 is 0 Å². The topological polar surface area (TPSA) is 61.4 Å². The van der Waals surface area contributed by atoms with E-state index in [0.717, 1.165) is 11.6 Å². The fraction of sp³-hybridized carbons (Fsp3) is 0.750. The van der Waals surface area contributed by atoms with Gasteiger partial charge in [-0.05, 0) is 26.7 Å². The minimum Gasteiger partial charge on any atom is -0.315 e. The average molecular weight is 304 g/mol. The predicted octanol–water partition coefficient (Wildman–Crippen LogP) is 3.72. The van der Waals surface area contributed by atoms with Gasteiger partial charge in [0.2, 0.25) is 0 Å². The predicted molar refractivity (Wildman–Crippen MR) is 86.9 cm³/mol. The van der Waals surface area contributed by atoms with Crippen molar-refractivity contribution in [2.75, 3.05) is 0 Å². The summed E-state index contributed by atoms with van der Waals surface area (Å²) in [4.78, 5) is 0. The lowest BCUT2D eigenvalue weighted by Crippen LogP contribution is -2.06. The maximum absolute atomic E-state index is 4.09. The molecular formula is C16H28N6. The van der Waals surface area contributed by atoms with Crippen molar-refractivity contribution in [3.63, 3.8) is 0 Å². The Morgan fingerprint density at radius 1 is 0.864 bits per heavy atom. The molecule has 1 fully saturated rings. The van der Waals surface area contributed by atoms with Gasteiger partial charge in [0.05, 0.1) is 0 Å². The van der Waals surface area contributed by atoms with Crippen LogP contribution in [0.15, 0.2) is 12.7 Å². The average Bonchev–Trinajstić information content (AvgIpc) is 3.00. The van der Waals surface area contributed by atoms with Crippen molar-refractivity contribution in [2.24, 2.45) is 0 Å². The first-order chi connectivity index (χ1) is 10.4. The molecule has 0 N–H and O–H groups in total. The Kier molecular flexibility index (Phi) is 5.32. The molecular weight excluding hydrogens is 276 g/mol. The molecule has 1 saturated carbocycles. The molecule has 0 atom stereocenters. The molecule has 6 nitrogen and oxygen atoms in total. The van der Waals surface area contributed by atoms with E-state index in [4.69, 9.17) is 0 Å². The number of rotatable bonds is 4. The first kappa shape index (κ1) is 16.6. The first-order valence-corrected chi connectivity index (χ1v) is 8.20. The Bertz CT molecular complexity index is 491. The Hall–Kier alpha value is -1.72. The molecule has 0 spiro atoms. The van der Waals surface area contributed by atoms with Gasteiger partial charge in [0.25, 0.3) is 0 Å². The molecule has 1 aliphatic carbocycles. The molecule has 3 rings (SSSR count). The van der Waals surface area contributed by atoms with E-state index in [1.54, 1.807) is 6.33 Å². The molecule has 0 aromatic carbocycles. The maximum atomic E-state index is 4.09. The van der Waals surface area contributed by atoms with E-state index in [0.29, 0.717) is 23.9 Å². The highest BCUT2D eigenvalue weighted by Gasteiger charge is 2.26. The van der Waals surface area contributed by atoms with E-state index in [2.05, 4.69) is 71.1 Å². The van der Waals surface area contributed by atoms with E-state index in [9.17, 15) is 0 Å². The molecule has 6 heteroatoms. The number of hydrogen-bond donors (Lipinski definition) is 0. The molecule has 122 valence electrons. The normalized spacial score (nSPS) is 14.6. The molecule has 0 bridgehead atoms. The zero-order valence-corrected chi connectivity index (χ0v) is 14.6. The van der Waals surface area contributed by atoms with Gasteiger partial charge in [0.1, 0.15) is 24.3 Å². The van der Waals surface area contributed by atoms with Crippen LogP contribution in [-0.2, 0) is 0 Å². The fourth-order valence-corrected chi connectivity index (χ4v) is 2.36. The van der Waals surface area contributed by atoms with Crippen molar-refractivity contribution in [3.05, 3.63) is 24.3 Å². The van der Waals surface area contributed by atoms with Gasteiger partial charge < -0.3 is 9.13 Å². The van der Waals surface area contributed by atoms with Crippen molar-refractivity contribution in [1.29, 1.82) is 0 Å². The largest absolute Gasteiger partial charge is 0.315 e. The van der Waals surface area contributed by atoms with Gasteiger partial charge in [0.15, 0.2) is 0 Å². The smallest absolute Gasteiger partial charge is 0.135 e. The third kappa shape index (κ3) is 3.93. The van der Waals surface area contributed by atoms with Crippen LogP contribution in [0.5, 0.6) is 0 Å². The molecule has 22 heavy (non-hydrogen) atoms. The SMILES string of the molecule is CC(C)c1nncn1C(C)C.CC(C)c1nncn1C1CC1. The van der Waals surface area contributed by atoms with E-state index < -0.39 is 0 Å². The summed E-state index contributed by atoms with van der Waals surface area (Å²) in [5.41, 5.74) is 0. The molecule has 2 aromatic heterocycles. The van der Waals surface area contributed by atoms with E-state index in [1.165, 1.54) is 12.8 Å². The van der Waals surface area contributed by atoms with Gasteiger partial charge in [0, 0.05) is 23.9 Å². The minimum atomic E-state index is 0.458. The fourth-order valence-electron chi connectivity index (χ4n) is 2.36. The second-order valence-corrected chi connectivity index (χ2v) is 6.83. The first-order valence-electron chi connectivity index (χ1n) is 8.20. The van der Waals surface area contributed by atoms with Crippen LogP contribution in [0.25, 0.3) is 0 Å². The van der Waals surface area contributed by atoms with Crippen molar-refractivity contribution in [1.82, 2.24) is 29.5 Å². The second kappa shape index (κ2) is 7.03. The van der Waals surface area contributed by atoms with Crippen LogP contribution in [0.1, 0.15) is 90.0 Å². The van der Waals surface area contributed by atoms with Gasteiger partial charge in [-0.25, -0.2) is 0 Å². The molecule has 1 aliphatic rings. The lowest BCUT2D eigenvalue weighted by molar-refractivity contribution is 0.549. The quantitative estimate of drug-likeness (QED) is 0.863. The summed E-state index contributed by atoms with van der Waals surface area (Å²) in [6.45, 7) is 12.8. The highest BCUT2D eigenvalue weighted by atomic mass is 15.3. The second-order valence-electron chi connectivity index (χ2n) is 6.83. The van der Waals surface area contributed by atoms with Gasteiger partial charge >= 0.3 is 0 Å². The van der Waals surface area contributed by atoms with Crippen molar-refractivity contribution in [3.8, 4) is 0 Å². The molecule has 0 amide bonds. The van der Waals surface area contributed by atoms with Gasteiger partial charge in [-0.15, -0.1) is 20.4 Å². The zero-order valence-electron chi connectivity index (χ0n) is 14.6. The Morgan fingerprint density at radius 3 is 1.86 bits per heavy atom. The third-order valence-electron chi connectivity index (χ3n) is 3.73. The zero-order chi connectivity index (χ0) is 16.3. The van der Waals surface area contributed by atoms with E-state index in [1.807, 2.05) is 6.33 Å². The third-order valence-corrected chi connectivity index (χ3v) is 3.73. The minimum absolute atomic E-state index is 0.458. The van der Waals surface area contributed by atoms with E-state index >= 15 is 0 Å². The van der Waals surface area contributed by atoms with Gasteiger partial charge in [-0.1, -0.05) is 27.7 Å². The molecule has 0 saturated heterocycles. The lowest BCUT2D eigenvalue weighted by Gasteiger charge is -2.11. The summed E-state index contributed by atoms with van der Waals surface area (Å²) in [6, 6.07) is 1.17. The monoisotopic (exact) mass is 304 g/mol. The maximum Gasteiger partial charge on any atom is 0.135 e. The Labute approximate surface area is 133 Å². The van der Waals surface area contributed by atoms with Gasteiger partial charge in [-0.3, -0.25) is 0 Å². The summed E-state index contributed by atoms with van der Waals surface area (Å²) >= 11 is 0. The molecule has 0 aliphatic heterocycles. The summed E-state index contributed by atoms with van der Waals surface area (Å²) in [5, 5.41) is 15.9. The highest BCUT2D eigenvalue weighted by Crippen LogP contribution is 2.36. The van der Waals surface area contributed by atoms with Crippen LogP contribution < -0.4 is 0 Å². The van der Waals surface area contributed by atoms with Crippen LogP contribution in [0, 0.1) is 0 Å². The summed E-state index contributed by atoms with van der Waals surface area (Å²) in [6.07, 6.45) is 6.25. The van der Waals surface area contributed by atoms with Gasteiger partial charge in [-0.2, -0.15) is 0 Å². The summed E-state index contributed by atoms with van der Waals surface area (Å²) in [7, 11) is 0. The summed E-state index contributed by atoms with van der Waals surface area (Å²) < 4.78 is 4.31. The standard InChI is InChI=1S/C8H13N3.C8H15N3/c1-6(2)8-10-9-5-11(8)7-3-4-7;1-6(2)8-10-9-5-11(8)7(3)4/h5-7H,3-4H2,1-2H3;5-7H,1-4H3. The molecule has 0 unspecified atom stereocenters. The highest BCUT2D eigenvalue weighted by molar-refractivity contribution is 4.98. The number of aromatic nitrogens is 6. The van der Waals surface area contributed by atoms with Crippen LogP contribution in [0.3, 0.4) is 0 Å². The lowest BCUT2D eigenvalue weighted by atomic mass is 10.2. The van der Waals surface area contributed by atoms with E-state index in [-0.39, 0.29) is 0 Å². The number of hydrogen-bond acceptors (Lipinski definition) is 4. The van der Waals surface area contributed by atoms with Crippen LogP contribution in [-0.4, -0.2) is 29.5 Å². The Balaban J connectivity index is 0.000000160.